The fourth-order valence-corrected chi connectivity index (χ4v) is 3.99. The number of likely N-dealkylation sites (tertiary alicyclic amines) is 1. The lowest BCUT2D eigenvalue weighted by Crippen LogP contribution is -2.47. The number of alkyl carbamates (subject to hydrolysis) is 1. The largest absolute Gasteiger partial charge is 0.444 e. The SMILES string of the molecule is CC(C)(C)OC(=O)N[C@@H](CC(=O)N1CCC[C@H]1CNC(=O)C1CC1)Cc1ccccc1F. The fourth-order valence-electron chi connectivity index (χ4n) is 3.99. The molecule has 176 valence electrons. The average Bonchev–Trinajstić information content (AvgIpc) is 3.44. The lowest BCUT2D eigenvalue weighted by Gasteiger charge is -2.28. The number of nitrogens with zero attached hydrogens (tertiary/aromatic N) is 1. The van der Waals surface area contributed by atoms with Gasteiger partial charge in [0.05, 0.1) is 0 Å². The smallest absolute Gasteiger partial charge is 0.407 e. The highest BCUT2D eigenvalue weighted by molar-refractivity contribution is 5.81. The molecule has 0 unspecified atom stereocenters. The molecule has 0 bridgehead atoms. The maximum atomic E-state index is 14.2. The zero-order valence-corrected chi connectivity index (χ0v) is 19.2. The first-order valence-electron chi connectivity index (χ1n) is 11.4. The second kappa shape index (κ2) is 10.3. The Labute approximate surface area is 189 Å². The molecule has 1 saturated heterocycles. The van der Waals surface area contributed by atoms with Crippen molar-refractivity contribution >= 4 is 17.9 Å². The molecule has 1 aliphatic heterocycles. The maximum Gasteiger partial charge on any atom is 0.407 e. The summed E-state index contributed by atoms with van der Waals surface area (Å²) < 4.78 is 19.6. The van der Waals surface area contributed by atoms with Crippen LogP contribution >= 0.6 is 0 Å². The molecule has 2 N–H and O–H groups in total. The summed E-state index contributed by atoms with van der Waals surface area (Å²) >= 11 is 0. The Balaban J connectivity index is 1.63. The topological polar surface area (TPSA) is 87.7 Å². The molecule has 0 aromatic heterocycles. The van der Waals surface area contributed by atoms with Crippen LogP contribution in [0, 0.1) is 11.7 Å². The number of rotatable bonds is 8. The van der Waals surface area contributed by atoms with Crippen LogP contribution in [0.1, 0.15) is 58.4 Å². The first kappa shape index (κ1) is 24.0. The third-order valence-electron chi connectivity index (χ3n) is 5.72. The summed E-state index contributed by atoms with van der Waals surface area (Å²) in [6, 6.07) is 5.67. The lowest BCUT2D eigenvalue weighted by atomic mass is 10.0. The van der Waals surface area contributed by atoms with Crippen LogP contribution in [0.15, 0.2) is 24.3 Å². The quantitative estimate of drug-likeness (QED) is 0.641. The maximum absolute atomic E-state index is 14.2. The minimum atomic E-state index is -0.684. The fraction of sp³-hybridized carbons (Fsp3) is 0.625. The van der Waals surface area contributed by atoms with E-state index in [0.717, 1.165) is 25.7 Å². The van der Waals surface area contributed by atoms with E-state index in [4.69, 9.17) is 4.74 Å². The number of hydrogen-bond donors (Lipinski definition) is 2. The Bertz CT molecular complexity index is 835. The van der Waals surface area contributed by atoms with Gasteiger partial charge >= 0.3 is 6.09 Å². The van der Waals surface area contributed by atoms with Crippen LogP contribution in [-0.4, -0.2) is 53.6 Å². The second-order valence-electron chi connectivity index (χ2n) is 9.75. The van der Waals surface area contributed by atoms with Crippen molar-refractivity contribution in [2.75, 3.05) is 13.1 Å². The van der Waals surface area contributed by atoms with Crippen molar-refractivity contribution in [1.29, 1.82) is 0 Å². The highest BCUT2D eigenvalue weighted by Gasteiger charge is 2.34. The van der Waals surface area contributed by atoms with Crippen molar-refractivity contribution in [3.8, 4) is 0 Å². The molecule has 1 saturated carbocycles. The minimum Gasteiger partial charge on any atom is -0.444 e. The van der Waals surface area contributed by atoms with E-state index in [1.165, 1.54) is 6.07 Å². The van der Waals surface area contributed by atoms with Crippen LogP contribution in [0.5, 0.6) is 0 Å². The first-order valence-corrected chi connectivity index (χ1v) is 11.4. The van der Waals surface area contributed by atoms with Gasteiger partial charge in [0, 0.05) is 37.5 Å². The molecular weight excluding hydrogens is 413 g/mol. The number of halogens is 1. The van der Waals surface area contributed by atoms with E-state index >= 15 is 0 Å². The summed E-state index contributed by atoms with van der Waals surface area (Å²) in [6.07, 6.45) is 3.14. The molecule has 0 radical (unpaired) electrons. The van der Waals surface area contributed by atoms with Gasteiger partial charge in [-0.05, 0) is 64.5 Å². The van der Waals surface area contributed by atoms with Gasteiger partial charge in [0.1, 0.15) is 11.4 Å². The van der Waals surface area contributed by atoms with Crippen LogP contribution in [0.3, 0.4) is 0 Å². The molecule has 32 heavy (non-hydrogen) atoms. The monoisotopic (exact) mass is 447 g/mol. The summed E-state index contributed by atoms with van der Waals surface area (Å²) in [5, 5.41) is 5.70. The van der Waals surface area contributed by atoms with Crippen molar-refractivity contribution in [2.45, 2.75) is 77.0 Å². The number of hydrogen-bond acceptors (Lipinski definition) is 4. The summed E-state index contributed by atoms with van der Waals surface area (Å²) in [5.74, 6) is -0.305. The Morgan fingerprint density at radius 3 is 2.56 bits per heavy atom. The van der Waals surface area contributed by atoms with E-state index in [-0.39, 0.29) is 42.4 Å². The van der Waals surface area contributed by atoms with Crippen LogP contribution in [-0.2, 0) is 20.7 Å². The number of carbonyl (C=O) groups is 3. The Morgan fingerprint density at radius 1 is 1.19 bits per heavy atom. The van der Waals surface area contributed by atoms with E-state index < -0.39 is 17.7 Å². The number of nitrogens with one attached hydrogen (secondary N) is 2. The predicted octanol–water partition coefficient (Wildman–Crippen LogP) is 3.17. The van der Waals surface area contributed by atoms with Crippen molar-refractivity contribution in [1.82, 2.24) is 15.5 Å². The van der Waals surface area contributed by atoms with Crippen molar-refractivity contribution < 1.29 is 23.5 Å². The first-order chi connectivity index (χ1) is 15.1. The zero-order valence-electron chi connectivity index (χ0n) is 19.2. The average molecular weight is 448 g/mol. The van der Waals surface area contributed by atoms with Gasteiger partial charge in [-0.1, -0.05) is 18.2 Å². The molecule has 1 aromatic carbocycles. The molecule has 0 spiro atoms. The normalized spacial score (nSPS) is 19.4. The van der Waals surface area contributed by atoms with Crippen molar-refractivity contribution in [2.24, 2.45) is 5.92 Å². The van der Waals surface area contributed by atoms with Gasteiger partial charge in [-0.25, -0.2) is 9.18 Å². The van der Waals surface area contributed by atoms with Crippen molar-refractivity contribution in [3.63, 3.8) is 0 Å². The van der Waals surface area contributed by atoms with E-state index in [2.05, 4.69) is 10.6 Å². The summed E-state index contributed by atoms with van der Waals surface area (Å²) in [6.45, 7) is 6.33. The highest BCUT2D eigenvalue weighted by Crippen LogP contribution is 2.29. The van der Waals surface area contributed by atoms with Gasteiger partial charge in [-0.2, -0.15) is 0 Å². The molecule has 3 amide bonds. The summed E-state index contributed by atoms with van der Waals surface area (Å²) in [4.78, 5) is 39.2. The Kier molecular flexibility index (Phi) is 7.74. The van der Waals surface area contributed by atoms with E-state index in [1.54, 1.807) is 43.9 Å². The molecule has 2 fully saturated rings. The van der Waals surface area contributed by atoms with Crippen LogP contribution in [0.25, 0.3) is 0 Å². The number of benzene rings is 1. The van der Waals surface area contributed by atoms with Crippen LogP contribution in [0.2, 0.25) is 0 Å². The van der Waals surface area contributed by atoms with E-state index in [1.807, 2.05) is 0 Å². The molecule has 1 heterocycles. The second-order valence-corrected chi connectivity index (χ2v) is 9.75. The highest BCUT2D eigenvalue weighted by atomic mass is 19.1. The molecule has 8 heteroatoms. The molecule has 2 atom stereocenters. The van der Waals surface area contributed by atoms with E-state index in [0.29, 0.717) is 18.7 Å². The molecule has 7 nitrogen and oxygen atoms in total. The zero-order chi connectivity index (χ0) is 23.3. The number of amides is 3. The molecular formula is C24H34FN3O4. The van der Waals surface area contributed by atoms with Gasteiger partial charge in [0.15, 0.2) is 0 Å². The van der Waals surface area contributed by atoms with E-state index in [9.17, 15) is 18.8 Å². The minimum absolute atomic E-state index is 0.0284. The Morgan fingerprint density at radius 2 is 1.91 bits per heavy atom. The Hall–Kier alpha value is -2.64. The third kappa shape index (κ3) is 7.21. The number of carbonyl (C=O) groups excluding carboxylic acids is 3. The predicted molar refractivity (Wildman–Crippen MR) is 118 cm³/mol. The third-order valence-corrected chi connectivity index (χ3v) is 5.72. The van der Waals surface area contributed by atoms with Crippen molar-refractivity contribution in [3.05, 3.63) is 35.6 Å². The van der Waals surface area contributed by atoms with Gasteiger partial charge < -0.3 is 20.3 Å². The molecule has 3 rings (SSSR count). The van der Waals surface area contributed by atoms with Gasteiger partial charge in [0.2, 0.25) is 11.8 Å². The van der Waals surface area contributed by atoms with Crippen LogP contribution in [0.4, 0.5) is 9.18 Å². The number of ether oxygens (including phenoxy) is 1. The van der Waals surface area contributed by atoms with Gasteiger partial charge in [0.25, 0.3) is 0 Å². The van der Waals surface area contributed by atoms with Crippen LogP contribution < -0.4 is 10.6 Å². The standard InChI is InChI=1S/C24H34FN3O4/c1-24(2,3)32-23(31)27-18(13-17-7-4-5-9-20(17)25)14-21(29)28-12-6-8-19(28)15-26-22(30)16-10-11-16/h4-5,7,9,16,18-19H,6,8,10-15H2,1-3H3,(H,26,30)(H,27,31)/t18-,19+/m1/s1. The molecule has 1 aliphatic carbocycles. The molecule has 2 aliphatic rings. The summed E-state index contributed by atoms with van der Waals surface area (Å²) in [7, 11) is 0. The van der Waals surface area contributed by atoms with Gasteiger partial charge in [-0.3, -0.25) is 9.59 Å². The lowest BCUT2D eigenvalue weighted by molar-refractivity contribution is -0.133. The van der Waals surface area contributed by atoms with Gasteiger partial charge in [-0.15, -0.1) is 0 Å². The molecule has 1 aromatic rings. The summed E-state index contributed by atoms with van der Waals surface area (Å²) in [5.41, 5.74) is -0.257.